The minimum Gasteiger partial charge on any atom is -0.308 e. The Morgan fingerprint density at radius 3 is 2.95 bits per heavy atom. The van der Waals surface area contributed by atoms with E-state index < -0.39 is 0 Å². The fraction of sp³-hybridized carbons (Fsp3) is 0.583. The van der Waals surface area contributed by atoms with Gasteiger partial charge in [-0.2, -0.15) is 5.10 Å². The molecule has 19 heavy (non-hydrogen) atoms. The number of rotatable bonds is 6. The van der Waals surface area contributed by atoms with Gasteiger partial charge in [0, 0.05) is 18.8 Å². The van der Waals surface area contributed by atoms with E-state index in [1.165, 1.54) is 12.8 Å². The van der Waals surface area contributed by atoms with Crippen LogP contribution in [0, 0.1) is 6.92 Å². The van der Waals surface area contributed by atoms with Crippen LogP contribution in [0.5, 0.6) is 0 Å². The van der Waals surface area contributed by atoms with Gasteiger partial charge in [0.1, 0.15) is 0 Å². The second-order valence-electron chi connectivity index (χ2n) is 4.93. The van der Waals surface area contributed by atoms with Gasteiger partial charge in [0.15, 0.2) is 0 Å². The van der Waals surface area contributed by atoms with Crippen molar-refractivity contribution < 1.29 is 0 Å². The first-order valence-corrected chi connectivity index (χ1v) is 6.90. The van der Waals surface area contributed by atoms with Crippen LogP contribution in [0.4, 0.5) is 0 Å². The lowest BCUT2D eigenvalue weighted by atomic mass is 10.4. The van der Waals surface area contributed by atoms with Crippen molar-refractivity contribution in [2.24, 2.45) is 0 Å². The van der Waals surface area contributed by atoms with E-state index in [0.29, 0.717) is 11.1 Å². The molecule has 0 radical (unpaired) electrons. The van der Waals surface area contributed by atoms with Gasteiger partial charge in [-0.05, 0) is 19.8 Å². The molecular weight excluding hydrogens is 264 g/mol. The monoisotopic (exact) mass is 280 g/mol. The van der Waals surface area contributed by atoms with E-state index in [1.54, 1.807) is 6.20 Å². The Morgan fingerprint density at radius 2 is 2.26 bits per heavy atom. The minimum atomic E-state index is 0.694. The van der Waals surface area contributed by atoms with Crippen LogP contribution in [-0.4, -0.2) is 30.8 Å². The molecule has 1 fully saturated rings. The van der Waals surface area contributed by atoms with Gasteiger partial charge in [0.05, 0.1) is 35.7 Å². The quantitative estimate of drug-likeness (QED) is 0.869. The molecule has 0 aliphatic heterocycles. The number of aryl methyl sites for hydroxylation is 2. The molecule has 0 saturated heterocycles. The van der Waals surface area contributed by atoms with Crippen LogP contribution in [0.25, 0.3) is 0 Å². The summed E-state index contributed by atoms with van der Waals surface area (Å²) in [6.45, 7) is 4.26. The third-order valence-electron chi connectivity index (χ3n) is 3.32. The Bertz CT molecular complexity index is 556. The Balaban J connectivity index is 1.53. The summed E-state index contributed by atoms with van der Waals surface area (Å²) in [7, 11) is 0. The number of hydrogen-bond acceptors (Lipinski definition) is 4. The maximum atomic E-state index is 5.97. The maximum absolute atomic E-state index is 5.97. The minimum absolute atomic E-state index is 0.694. The molecule has 0 atom stereocenters. The first-order valence-electron chi connectivity index (χ1n) is 6.52. The van der Waals surface area contributed by atoms with Crippen molar-refractivity contribution in [3.8, 4) is 0 Å². The third-order valence-corrected chi connectivity index (χ3v) is 3.69. The van der Waals surface area contributed by atoms with Gasteiger partial charge >= 0.3 is 0 Å². The Morgan fingerprint density at radius 1 is 1.42 bits per heavy atom. The van der Waals surface area contributed by atoms with E-state index in [4.69, 9.17) is 11.6 Å². The molecule has 2 heterocycles. The van der Waals surface area contributed by atoms with Crippen molar-refractivity contribution in [1.29, 1.82) is 0 Å². The number of aromatic nitrogens is 5. The zero-order valence-corrected chi connectivity index (χ0v) is 11.6. The highest BCUT2D eigenvalue weighted by Crippen LogP contribution is 2.18. The van der Waals surface area contributed by atoms with Crippen LogP contribution in [0.3, 0.4) is 0 Å². The highest BCUT2D eigenvalue weighted by molar-refractivity contribution is 6.31. The van der Waals surface area contributed by atoms with E-state index in [2.05, 4.69) is 20.7 Å². The predicted octanol–water partition coefficient (Wildman–Crippen LogP) is 1.39. The van der Waals surface area contributed by atoms with Crippen LogP contribution in [0.15, 0.2) is 12.4 Å². The number of halogens is 1. The summed E-state index contributed by atoms with van der Waals surface area (Å²) in [5.74, 6) is 0. The average Bonchev–Trinajstić information content (AvgIpc) is 3.05. The molecule has 102 valence electrons. The third kappa shape index (κ3) is 3.13. The van der Waals surface area contributed by atoms with Crippen molar-refractivity contribution in [2.45, 2.75) is 45.4 Å². The van der Waals surface area contributed by atoms with Gasteiger partial charge in [-0.3, -0.25) is 9.36 Å². The molecular formula is C12H17ClN6. The van der Waals surface area contributed by atoms with Crippen LogP contribution in [0.1, 0.15) is 24.2 Å². The SMILES string of the molecule is Cc1c(Cl)cnn1CCn1cc(CNC2CC2)nn1. The van der Waals surface area contributed by atoms with Crippen molar-refractivity contribution >= 4 is 11.6 Å². The summed E-state index contributed by atoms with van der Waals surface area (Å²) in [4.78, 5) is 0. The van der Waals surface area contributed by atoms with Crippen molar-refractivity contribution in [3.63, 3.8) is 0 Å². The van der Waals surface area contributed by atoms with Crippen molar-refractivity contribution in [2.75, 3.05) is 0 Å². The second-order valence-corrected chi connectivity index (χ2v) is 5.34. The number of nitrogens with one attached hydrogen (secondary N) is 1. The van der Waals surface area contributed by atoms with Crippen molar-refractivity contribution in [3.05, 3.63) is 28.8 Å². The summed E-state index contributed by atoms with van der Waals surface area (Å²) >= 11 is 5.97. The zero-order chi connectivity index (χ0) is 13.2. The highest BCUT2D eigenvalue weighted by atomic mass is 35.5. The van der Waals surface area contributed by atoms with Crippen LogP contribution < -0.4 is 5.32 Å². The van der Waals surface area contributed by atoms with E-state index in [-0.39, 0.29) is 0 Å². The lowest BCUT2D eigenvalue weighted by Gasteiger charge is -2.03. The zero-order valence-electron chi connectivity index (χ0n) is 10.9. The second kappa shape index (κ2) is 5.30. The lowest BCUT2D eigenvalue weighted by molar-refractivity contribution is 0.483. The fourth-order valence-corrected chi connectivity index (χ4v) is 2.05. The molecule has 2 aromatic rings. The summed E-state index contributed by atoms with van der Waals surface area (Å²) < 4.78 is 3.73. The number of nitrogens with zero attached hydrogens (tertiary/aromatic N) is 5. The summed E-state index contributed by atoms with van der Waals surface area (Å²) in [5.41, 5.74) is 1.97. The molecule has 0 amide bonds. The molecule has 0 aromatic carbocycles. The van der Waals surface area contributed by atoms with Gasteiger partial charge in [-0.1, -0.05) is 16.8 Å². The molecule has 7 heteroatoms. The Labute approximate surface area is 116 Å². The van der Waals surface area contributed by atoms with Gasteiger partial charge in [-0.15, -0.1) is 5.10 Å². The van der Waals surface area contributed by atoms with Gasteiger partial charge in [0.2, 0.25) is 0 Å². The molecule has 1 aliphatic carbocycles. The van der Waals surface area contributed by atoms with Crippen molar-refractivity contribution in [1.82, 2.24) is 30.1 Å². The summed E-state index contributed by atoms with van der Waals surface area (Å²) in [6, 6.07) is 0.694. The van der Waals surface area contributed by atoms with Gasteiger partial charge in [0.25, 0.3) is 0 Å². The molecule has 1 saturated carbocycles. The molecule has 2 aromatic heterocycles. The van der Waals surface area contributed by atoms with Crippen LogP contribution in [-0.2, 0) is 19.6 Å². The molecule has 0 spiro atoms. The predicted molar refractivity (Wildman–Crippen MR) is 71.9 cm³/mol. The molecule has 0 unspecified atom stereocenters. The first kappa shape index (κ1) is 12.6. The van der Waals surface area contributed by atoms with E-state index in [1.807, 2.05) is 22.5 Å². The molecule has 0 bridgehead atoms. The smallest absolute Gasteiger partial charge is 0.0964 e. The van der Waals surface area contributed by atoms with Crippen LogP contribution >= 0.6 is 11.6 Å². The molecule has 1 aliphatic rings. The maximum Gasteiger partial charge on any atom is 0.0964 e. The highest BCUT2D eigenvalue weighted by Gasteiger charge is 2.20. The Hall–Kier alpha value is -1.40. The standard InChI is InChI=1S/C12H17ClN6/c1-9-12(13)7-15-19(9)5-4-18-8-11(16-17-18)6-14-10-2-3-10/h7-8,10,14H,2-6H2,1H3. The van der Waals surface area contributed by atoms with Gasteiger partial charge < -0.3 is 5.32 Å². The Kier molecular flexibility index (Phi) is 3.52. The molecule has 3 rings (SSSR count). The molecule has 1 N–H and O–H groups in total. The topological polar surface area (TPSA) is 60.6 Å². The largest absolute Gasteiger partial charge is 0.308 e. The van der Waals surface area contributed by atoms with Gasteiger partial charge in [-0.25, -0.2) is 0 Å². The van der Waals surface area contributed by atoms with Crippen LogP contribution in [0.2, 0.25) is 5.02 Å². The average molecular weight is 281 g/mol. The number of hydrogen-bond donors (Lipinski definition) is 1. The summed E-state index contributed by atoms with van der Waals surface area (Å²) in [5, 5.41) is 16.6. The van der Waals surface area contributed by atoms with E-state index >= 15 is 0 Å². The lowest BCUT2D eigenvalue weighted by Crippen LogP contribution is -2.15. The first-order chi connectivity index (χ1) is 9.22. The van der Waals surface area contributed by atoms with E-state index in [9.17, 15) is 0 Å². The summed E-state index contributed by atoms with van der Waals surface area (Å²) in [6.07, 6.45) is 6.22. The normalized spacial score (nSPS) is 15.1. The van der Waals surface area contributed by atoms with E-state index in [0.717, 1.165) is 31.0 Å². The fourth-order valence-electron chi connectivity index (χ4n) is 1.91. The molecule has 6 nitrogen and oxygen atoms in total.